The molecule has 1 heterocycles. The number of nitrogens with one attached hydrogen (secondary N) is 1. The predicted octanol–water partition coefficient (Wildman–Crippen LogP) is 2.47. The molecule has 0 aliphatic rings. The van der Waals surface area contributed by atoms with Crippen LogP contribution in [0.25, 0.3) is 0 Å². The molecule has 1 unspecified atom stereocenters. The number of carbonyl (C=O) groups excluding carboxylic acids is 1. The fourth-order valence-electron chi connectivity index (χ4n) is 1.48. The molecule has 0 saturated carbocycles. The maximum atomic E-state index is 12.1. The predicted molar refractivity (Wildman–Crippen MR) is 77.1 cm³/mol. The minimum Gasteiger partial charge on any atom is -0.324 e. The second kappa shape index (κ2) is 6.68. The lowest BCUT2D eigenvalue weighted by molar-refractivity contribution is -0.115. The first-order chi connectivity index (χ1) is 9.70. The van der Waals surface area contributed by atoms with Crippen LogP contribution in [0.1, 0.15) is 12.5 Å². The van der Waals surface area contributed by atoms with E-state index in [1.165, 1.54) is 11.8 Å². The first-order valence-corrected chi connectivity index (χ1v) is 6.82. The van der Waals surface area contributed by atoms with Crippen LogP contribution >= 0.6 is 11.8 Å². The third kappa shape index (κ3) is 3.56. The van der Waals surface area contributed by atoms with Crippen molar-refractivity contribution in [3.8, 4) is 6.07 Å². The van der Waals surface area contributed by atoms with Gasteiger partial charge in [-0.1, -0.05) is 23.9 Å². The fourth-order valence-corrected chi connectivity index (χ4v) is 2.21. The molecule has 0 aliphatic carbocycles. The van der Waals surface area contributed by atoms with Crippen LogP contribution < -0.4 is 5.32 Å². The van der Waals surface area contributed by atoms with E-state index in [9.17, 15) is 4.79 Å². The second-order valence-electron chi connectivity index (χ2n) is 3.94. The van der Waals surface area contributed by atoms with Crippen molar-refractivity contribution >= 4 is 23.4 Å². The van der Waals surface area contributed by atoms with Crippen LogP contribution in [0, 0.1) is 11.3 Å². The minimum absolute atomic E-state index is 0.190. The molecule has 0 aliphatic heterocycles. The number of nitrogens with zero attached hydrogens (tertiary/aromatic N) is 3. The fraction of sp³-hybridized carbons (Fsp3) is 0.143. The van der Waals surface area contributed by atoms with E-state index >= 15 is 0 Å². The number of hydrogen-bond acceptors (Lipinski definition) is 5. The molecular formula is C14H12N4OS. The first kappa shape index (κ1) is 14.0. The maximum Gasteiger partial charge on any atom is 0.237 e. The number of para-hydroxylation sites is 1. The molecule has 0 fully saturated rings. The number of carbonyl (C=O) groups is 1. The molecule has 2 aromatic rings. The van der Waals surface area contributed by atoms with Gasteiger partial charge < -0.3 is 5.32 Å². The molecule has 2 rings (SSSR count). The van der Waals surface area contributed by atoms with Crippen molar-refractivity contribution in [2.45, 2.75) is 17.3 Å². The Balaban J connectivity index is 2.03. The van der Waals surface area contributed by atoms with Gasteiger partial charge >= 0.3 is 0 Å². The van der Waals surface area contributed by atoms with Crippen LogP contribution in [0.3, 0.4) is 0 Å². The molecule has 1 amide bonds. The Bertz CT molecular complexity index is 639. The summed E-state index contributed by atoms with van der Waals surface area (Å²) in [6, 6.07) is 10.7. The van der Waals surface area contributed by atoms with E-state index in [4.69, 9.17) is 5.26 Å². The third-order valence-electron chi connectivity index (χ3n) is 2.50. The van der Waals surface area contributed by atoms with Gasteiger partial charge in [-0.25, -0.2) is 9.97 Å². The number of thioether (sulfide) groups is 1. The summed E-state index contributed by atoms with van der Waals surface area (Å²) in [6.07, 6.45) is 3.26. The Morgan fingerprint density at radius 2 is 2.00 bits per heavy atom. The number of rotatable bonds is 4. The first-order valence-electron chi connectivity index (χ1n) is 5.94. The summed E-state index contributed by atoms with van der Waals surface area (Å²) in [7, 11) is 0. The minimum atomic E-state index is -0.357. The average Bonchev–Trinajstić information content (AvgIpc) is 2.48. The van der Waals surface area contributed by atoms with Gasteiger partial charge in [0.2, 0.25) is 5.91 Å². The topological polar surface area (TPSA) is 78.7 Å². The molecule has 100 valence electrons. The Kier molecular flexibility index (Phi) is 4.69. The Labute approximate surface area is 121 Å². The number of anilines is 1. The standard InChI is InChI=1S/C14H12N4OS/c1-10(20-14-16-7-4-8-17-14)13(19)18-12-6-3-2-5-11(12)9-15/h2-8,10H,1H3,(H,18,19). The van der Waals surface area contributed by atoms with Gasteiger partial charge in [0.05, 0.1) is 16.5 Å². The molecular weight excluding hydrogens is 272 g/mol. The number of aromatic nitrogens is 2. The lowest BCUT2D eigenvalue weighted by atomic mass is 10.2. The summed E-state index contributed by atoms with van der Waals surface area (Å²) in [4.78, 5) is 20.2. The number of nitriles is 1. The zero-order chi connectivity index (χ0) is 14.4. The van der Waals surface area contributed by atoms with Gasteiger partial charge in [-0.05, 0) is 25.1 Å². The smallest absolute Gasteiger partial charge is 0.237 e. The highest BCUT2D eigenvalue weighted by Gasteiger charge is 2.16. The lowest BCUT2D eigenvalue weighted by Crippen LogP contribution is -2.23. The van der Waals surface area contributed by atoms with Gasteiger partial charge in [-0.15, -0.1) is 0 Å². The number of benzene rings is 1. The molecule has 1 N–H and O–H groups in total. The molecule has 0 bridgehead atoms. The Hall–Kier alpha value is -2.39. The van der Waals surface area contributed by atoms with E-state index in [-0.39, 0.29) is 11.2 Å². The van der Waals surface area contributed by atoms with E-state index in [1.807, 2.05) is 6.07 Å². The van der Waals surface area contributed by atoms with E-state index in [0.29, 0.717) is 16.4 Å². The lowest BCUT2D eigenvalue weighted by Gasteiger charge is -2.11. The van der Waals surface area contributed by atoms with Gasteiger partial charge in [-0.2, -0.15) is 5.26 Å². The van der Waals surface area contributed by atoms with Crippen molar-refractivity contribution in [2.24, 2.45) is 0 Å². The summed E-state index contributed by atoms with van der Waals surface area (Å²) in [5, 5.41) is 11.9. The van der Waals surface area contributed by atoms with Crippen molar-refractivity contribution < 1.29 is 4.79 Å². The van der Waals surface area contributed by atoms with Crippen LogP contribution in [0.5, 0.6) is 0 Å². The summed E-state index contributed by atoms with van der Waals surface area (Å²) in [6.45, 7) is 1.77. The highest BCUT2D eigenvalue weighted by Crippen LogP contribution is 2.21. The average molecular weight is 284 g/mol. The molecule has 5 nitrogen and oxygen atoms in total. The highest BCUT2D eigenvalue weighted by molar-refractivity contribution is 8.00. The summed E-state index contributed by atoms with van der Waals surface area (Å²) in [5.74, 6) is -0.190. The van der Waals surface area contributed by atoms with Crippen LogP contribution in [-0.4, -0.2) is 21.1 Å². The van der Waals surface area contributed by atoms with Crippen LogP contribution in [-0.2, 0) is 4.79 Å². The number of amides is 1. The van der Waals surface area contributed by atoms with E-state index < -0.39 is 0 Å². The molecule has 6 heteroatoms. The quantitative estimate of drug-likeness (QED) is 0.689. The van der Waals surface area contributed by atoms with Gasteiger partial charge in [-0.3, -0.25) is 4.79 Å². The monoisotopic (exact) mass is 284 g/mol. The summed E-state index contributed by atoms with van der Waals surface area (Å²) >= 11 is 1.27. The van der Waals surface area contributed by atoms with Crippen molar-refractivity contribution in [1.82, 2.24) is 9.97 Å². The van der Waals surface area contributed by atoms with Gasteiger partial charge in [0.1, 0.15) is 6.07 Å². The van der Waals surface area contributed by atoms with Crippen LogP contribution in [0.2, 0.25) is 0 Å². The summed E-state index contributed by atoms with van der Waals surface area (Å²) < 4.78 is 0. The zero-order valence-electron chi connectivity index (χ0n) is 10.8. The molecule has 0 radical (unpaired) electrons. The molecule has 0 spiro atoms. The third-order valence-corrected chi connectivity index (χ3v) is 3.49. The Morgan fingerprint density at radius 3 is 2.70 bits per heavy atom. The van der Waals surface area contributed by atoms with Gasteiger partial charge in [0.25, 0.3) is 0 Å². The van der Waals surface area contributed by atoms with Crippen LogP contribution in [0.4, 0.5) is 5.69 Å². The normalized spacial score (nSPS) is 11.4. The van der Waals surface area contributed by atoms with E-state index in [2.05, 4.69) is 15.3 Å². The number of hydrogen-bond donors (Lipinski definition) is 1. The Morgan fingerprint density at radius 1 is 1.30 bits per heavy atom. The summed E-state index contributed by atoms with van der Waals surface area (Å²) in [5.41, 5.74) is 0.954. The van der Waals surface area contributed by atoms with Crippen molar-refractivity contribution in [2.75, 3.05) is 5.32 Å². The maximum absolute atomic E-state index is 12.1. The van der Waals surface area contributed by atoms with Crippen molar-refractivity contribution in [3.05, 3.63) is 48.3 Å². The zero-order valence-corrected chi connectivity index (χ0v) is 11.6. The molecule has 20 heavy (non-hydrogen) atoms. The van der Waals surface area contributed by atoms with E-state index in [1.54, 1.807) is 49.6 Å². The van der Waals surface area contributed by atoms with Gasteiger partial charge in [0.15, 0.2) is 5.16 Å². The van der Waals surface area contributed by atoms with Crippen LogP contribution in [0.15, 0.2) is 47.9 Å². The molecule has 0 saturated heterocycles. The molecule has 1 atom stereocenters. The highest BCUT2D eigenvalue weighted by atomic mass is 32.2. The second-order valence-corrected chi connectivity index (χ2v) is 5.25. The van der Waals surface area contributed by atoms with Gasteiger partial charge in [0, 0.05) is 12.4 Å². The molecule has 1 aromatic heterocycles. The van der Waals surface area contributed by atoms with Crippen molar-refractivity contribution in [1.29, 1.82) is 5.26 Å². The molecule has 1 aromatic carbocycles. The van der Waals surface area contributed by atoms with Crippen molar-refractivity contribution in [3.63, 3.8) is 0 Å². The van der Waals surface area contributed by atoms with E-state index in [0.717, 1.165) is 0 Å². The SMILES string of the molecule is CC(Sc1ncccn1)C(=O)Nc1ccccc1C#N. The largest absolute Gasteiger partial charge is 0.324 e.